The summed E-state index contributed by atoms with van der Waals surface area (Å²) in [7, 11) is 0. The minimum atomic E-state index is -0.0713. The van der Waals surface area contributed by atoms with E-state index in [1.807, 2.05) is 17.5 Å². The van der Waals surface area contributed by atoms with E-state index in [1.165, 1.54) is 11.3 Å². The molecule has 0 fully saturated rings. The number of hydrogen-bond donors (Lipinski definition) is 1. The normalized spacial score (nSPS) is 9.87. The maximum Gasteiger partial charge on any atom is 0.230 e. The minimum Gasteiger partial charge on any atom is -0.302 e. The van der Waals surface area contributed by atoms with E-state index in [4.69, 9.17) is 0 Å². The summed E-state index contributed by atoms with van der Waals surface area (Å²) in [6, 6.07) is 3.68. The molecule has 2 aromatic heterocycles. The van der Waals surface area contributed by atoms with Crippen LogP contribution in [0.4, 0.5) is 5.13 Å². The maximum absolute atomic E-state index is 11.5. The summed E-state index contributed by atoms with van der Waals surface area (Å²) in [5.41, 5.74) is 0.895. The van der Waals surface area contributed by atoms with Gasteiger partial charge >= 0.3 is 0 Å². The van der Waals surface area contributed by atoms with E-state index in [0.29, 0.717) is 11.6 Å². The van der Waals surface area contributed by atoms with Crippen molar-refractivity contribution in [1.82, 2.24) is 9.97 Å². The van der Waals surface area contributed by atoms with Crippen LogP contribution in [0.1, 0.15) is 5.56 Å². The lowest BCUT2D eigenvalue weighted by Crippen LogP contribution is -2.14. The number of anilines is 1. The number of rotatable bonds is 3. The Morgan fingerprint density at radius 1 is 1.47 bits per heavy atom. The van der Waals surface area contributed by atoms with Crippen LogP contribution >= 0.6 is 11.3 Å². The van der Waals surface area contributed by atoms with Crippen molar-refractivity contribution in [3.05, 3.63) is 41.7 Å². The zero-order valence-electron chi connectivity index (χ0n) is 7.88. The molecule has 0 unspecified atom stereocenters. The summed E-state index contributed by atoms with van der Waals surface area (Å²) >= 11 is 1.40. The molecule has 0 aliphatic rings. The summed E-state index contributed by atoms with van der Waals surface area (Å²) in [5, 5.41) is 5.16. The SMILES string of the molecule is O=C(Cc1cccnc1)Nc1nccs1. The first-order valence-electron chi connectivity index (χ1n) is 4.43. The number of nitrogens with zero attached hydrogens (tertiary/aromatic N) is 2. The third-order valence-corrected chi connectivity index (χ3v) is 2.45. The van der Waals surface area contributed by atoms with E-state index in [2.05, 4.69) is 15.3 Å². The molecule has 2 heterocycles. The van der Waals surface area contributed by atoms with Gasteiger partial charge in [-0.1, -0.05) is 6.07 Å². The van der Waals surface area contributed by atoms with Crippen LogP contribution in [-0.4, -0.2) is 15.9 Å². The van der Waals surface area contributed by atoms with Crippen LogP contribution < -0.4 is 5.32 Å². The quantitative estimate of drug-likeness (QED) is 0.855. The van der Waals surface area contributed by atoms with Gasteiger partial charge in [-0.05, 0) is 11.6 Å². The molecular weight excluding hydrogens is 210 g/mol. The van der Waals surface area contributed by atoms with E-state index >= 15 is 0 Å². The van der Waals surface area contributed by atoms with E-state index < -0.39 is 0 Å². The number of thiazole rings is 1. The van der Waals surface area contributed by atoms with Crippen LogP contribution in [0.15, 0.2) is 36.1 Å². The fraction of sp³-hybridized carbons (Fsp3) is 0.100. The van der Waals surface area contributed by atoms with Gasteiger partial charge in [-0.25, -0.2) is 4.98 Å². The Hall–Kier alpha value is -1.75. The summed E-state index contributed by atoms with van der Waals surface area (Å²) in [4.78, 5) is 19.4. The van der Waals surface area contributed by atoms with E-state index in [-0.39, 0.29) is 5.91 Å². The van der Waals surface area contributed by atoms with Gasteiger partial charge in [0.25, 0.3) is 0 Å². The van der Waals surface area contributed by atoms with Crippen molar-refractivity contribution in [2.45, 2.75) is 6.42 Å². The highest BCUT2D eigenvalue weighted by Gasteiger charge is 2.04. The predicted octanol–water partition coefficient (Wildman–Crippen LogP) is 1.72. The number of hydrogen-bond acceptors (Lipinski definition) is 4. The smallest absolute Gasteiger partial charge is 0.230 e. The molecule has 0 saturated heterocycles. The van der Waals surface area contributed by atoms with Crippen LogP contribution in [0.3, 0.4) is 0 Å². The van der Waals surface area contributed by atoms with Gasteiger partial charge in [0.05, 0.1) is 6.42 Å². The van der Waals surface area contributed by atoms with Gasteiger partial charge in [0.1, 0.15) is 0 Å². The van der Waals surface area contributed by atoms with Gasteiger partial charge in [0.2, 0.25) is 5.91 Å². The van der Waals surface area contributed by atoms with Crippen molar-refractivity contribution in [2.24, 2.45) is 0 Å². The van der Waals surface area contributed by atoms with Crippen LogP contribution in [0.2, 0.25) is 0 Å². The first-order valence-corrected chi connectivity index (χ1v) is 5.31. The average Bonchev–Trinajstić information content (AvgIpc) is 2.71. The fourth-order valence-electron chi connectivity index (χ4n) is 1.14. The second-order valence-corrected chi connectivity index (χ2v) is 3.82. The first-order chi connectivity index (χ1) is 7.34. The second kappa shape index (κ2) is 4.65. The predicted molar refractivity (Wildman–Crippen MR) is 58.7 cm³/mol. The topological polar surface area (TPSA) is 54.9 Å². The first kappa shape index (κ1) is 9.79. The molecule has 5 heteroatoms. The molecular formula is C10H9N3OS. The Bertz CT molecular complexity index is 427. The van der Waals surface area contributed by atoms with Crippen molar-refractivity contribution < 1.29 is 4.79 Å². The lowest BCUT2D eigenvalue weighted by atomic mass is 10.2. The van der Waals surface area contributed by atoms with Crippen LogP contribution in [-0.2, 0) is 11.2 Å². The Morgan fingerprint density at radius 3 is 3.07 bits per heavy atom. The number of aromatic nitrogens is 2. The Morgan fingerprint density at radius 2 is 2.40 bits per heavy atom. The molecule has 0 aliphatic carbocycles. The molecule has 76 valence electrons. The molecule has 0 atom stereocenters. The van der Waals surface area contributed by atoms with Crippen molar-refractivity contribution in [2.75, 3.05) is 5.32 Å². The zero-order chi connectivity index (χ0) is 10.5. The van der Waals surface area contributed by atoms with Crippen molar-refractivity contribution in [1.29, 1.82) is 0 Å². The van der Waals surface area contributed by atoms with Crippen molar-refractivity contribution >= 4 is 22.4 Å². The molecule has 2 aromatic rings. The van der Waals surface area contributed by atoms with Gasteiger partial charge in [0, 0.05) is 24.0 Å². The highest BCUT2D eigenvalue weighted by Crippen LogP contribution is 2.10. The highest BCUT2D eigenvalue weighted by molar-refractivity contribution is 7.13. The molecule has 0 saturated carbocycles. The molecule has 0 radical (unpaired) electrons. The van der Waals surface area contributed by atoms with Crippen molar-refractivity contribution in [3.8, 4) is 0 Å². The average molecular weight is 219 g/mol. The molecule has 4 nitrogen and oxygen atoms in total. The van der Waals surface area contributed by atoms with E-state index in [9.17, 15) is 4.79 Å². The lowest BCUT2D eigenvalue weighted by molar-refractivity contribution is -0.115. The summed E-state index contributed by atoms with van der Waals surface area (Å²) in [6.07, 6.45) is 5.35. The number of amides is 1. The highest BCUT2D eigenvalue weighted by atomic mass is 32.1. The molecule has 15 heavy (non-hydrogen) atoms. The van der Waals surface area contributed by atoms with Gasteiger partial charge in [-0.3, -0.25) is 9.78 Å². The minimum absolute atomic E-state index is 0.0713. The van der Waals surface area contributed by atoms with E-state index in [0.717, 1.165) is 5.56 Å². The number of pyridine rings is 1. The summed E-state index contributed by atoms with van der Waals surface area (Å²) in [5.74, 6) is -0.0713. The molecule has 0 spiro atoms. The van der Waals surface area contributed by atoms with E-state index in [1.54, 1.807) is 18.6 Å². The molecule has 1 N–H and O–H groups in total. The van der Waals surface area contributed by atoms with Crippen LogP contribution in [0, 0.1) is 0 Å². The third kappa shape index (κ3) is 2.85. The molecule has 2 rings (SSSR count). The summed E-state index contributed by atoms with van der Waals surface area (Å²) in [6.45, 7) is 0. The van der Waals surface area contributed by atoms with Crippen molar-refractivity contribution in [3.63, 3.8) is 0 Å². The van der Waals surface area contributed by atoms with Crippen LogP contribution in [0.25, 0.3) is 0 Å². The zero-order valence-corrected chi connectivity index (χ0v) is 8.70. The van der Waals surface area contributed by atoms with Gasteiger partial charge in [-0.15, -0.1) is 11.3 Å². The standard InChI is InChI=1S/C10H9N3OS/c14-9(13-10-12-4-5-15-10)6-8-2-1-3-11-7-8/h1-5,7H,6H2,(H,12,13,14). The Kier molecular flexibility index (Phi) is 3.04. The molecule has 1 amide bonds. The monoisotopic (exact) mass is 219 g/mol. The fourth-order valence-corrected chi connectivity index (χ4v) is 1.68. The van der Waals surface area contributed by atoms with Crippen LogP contribution in [0.5, 0.6) is 0 Å². The number of nitrogens with one attached hydrogen (secondary N) is 1. The summed E-state index contributed by atoms with van der Waals surface area (Å²) < 4.78 is 0. The lowest BCUT2D eigenvalue weighted by Gasteiger charge is -2.00. The largest absolute Gasteiger partial charge is 0.302 e. The Balaban J connectivity index is 1.94. The van der Waals surface area contributed by atoms with Gasteiger partial charge in [0.15, 0.2) is 5.13 Å². The third-order valence-electron chi connectivity index (χ3n) is 1.77. The van der Waals surface area contributed by atoms with Gasteiger partial charge < -0.3 is 5.32 Å². The maximum atomic E-state index is 11.5. The number of carbonyl (C=O) groups excluding carboxylic acids is 1. The number of carbonyl (C=O) groups is 1. The molecule has 0 bridgehead atoms. The molecule has 0 aromatic carbocycles. The van der Waals surface area contributed by atoms with Gasteiger partial charge in [-0.2, -0.15) is 0 Å². The second-order valence-electron chi connectivity index (χ2n) is 2.92. The Labute approximate surface area is 91.0 Å². The molecule has 0 aliphatic heterocycles.